The molecule has 0 aliphatic carbocycles. The average Bonchev–Trinajstić information content (AvgIpc) is 2.15. The summed E-state index contributed by atoms with van der Waals surface area (Å²) in [6.45, 7) is 8.91. The molecule has 0 fully saturated rings. The molecule has 0 spiro atoms. The van der Waals surface area contributed by atoms with Crippen molar-refractivity contribution in [3.8, 4) is 0 Å². The first-order chi connectivity index (χ1) is 7.07. The number of hydrogen-bond donors (Lipinski definition) is 1. The molecule has 0 rings (SSSR count). The van der Waals surface area contributed by atoms with Gasteiger partial charge >= 0.3 is 0 Å². The molecule has 2 nitrogen and oxygen atoms in total. The van der Waals surface area contributed by atoms with Crippen molar-refractivity contribution in [1.29, 1.82) is 0 Å². The maximum atomic E-state index is 5.52. The van der Waals surface area contributed by atoms with Crippen LogP contribution in [0.25, 0.3) is 0 Å². The molecular formula is C12H26N2S. The molecule has 0 aromatic carbocycles. The number of nitrogens with zero attached hydrogens (tertiary/aromatic N) is 1. The minimum Gasteiger partial charge on any atom is -0.393 e. The summed E-state index contributed by atoms with van der Waals surface area (Å²) in [7, 11) is 0. The number of hydrogen-bond acceptors (Lipinski definition) is 2. The zero-order valence-electron chi connectivity index (χ0n) is 10.5. The van der Waals surface area contributed by atoms with Gasteiger partial charge in [0.25, 0.3) is 0 Å². The summed E-state index contributed by atoms with van der Waals surface area (Å²) in [5, 5.41) is 0. The lowest BCUT2D eigenvalue weighted by Gasteiger charge is -2.26. The fourth-order valence-corrected chi connectivity index (χ4v) is 1.71. The van der Waals surface area contributed by atoms with E-state index < -0.39 is 0 Å². The number of nitrogens with two attached hydrogens (primary N) is 1. The van der Waals surface area contributed by atoms with E-state index in [4.69, 9.17) is 18.0 Å². The van der Waals surface area contributed by atoms with Crippen LogP contribution in [0.15, 0.2) is 0 Å². The van der Waals surface area contributed by atoms with Crippen LogP contribution in [0.4, 0.5) is 0 Å². The molecule has 0 amide bonds. The molecule has 0 aromatic rings. The van der Waals surface area contributed by atoms with Crippen molar-refractivity contribution in [3.05, 3.63) is 0 Å². The van der Waals surface area contributed by atoms with E-state index in [9.17, 15) is 0 Å². The van der Waals surface area contributed by atoms with Crippen LogP contribution in [-0.2, 0) is 0 Å². The number of unbranched alkanes of at least 4 members (excludes halogenated alkanes) is 3. The Morgan fingerprint density at radius 1 is 1.20 bits per heavy atom. The topological polar surface area (TPSA) is 29.3 Å². The van der Waals surface area contributed by atoms with Gasteiger partial charge in [-0.15, -0.1) is 0 Å². The molecule has 0 radical (unpaired) electrons. The summed E-state index contributed by atoms with van der Waals surface area (Å²) in [6.07, 6.45) is 6.13. The van der Waals surface area contributed by atoms with E-state index in [0.29, 0.717) is 11.0 Å². The molecule has 0 unspecified atom stereocenters. The van der Waals surface area contributed by atoms with Gasteiger partial charge in [0.1, 0.15) is 0 Å². The molecule has 0 bridgehead atoms. The van der Waals surface area contributed by atoms with E-state index >= 15 is 0 Å². The molecule has 90 valence electrons. The monoisotopic (exact) mass is 230 g/mol. The molecular weight excluding hydrogens is 204 g/mol. The van der Waals surface area contributed by atoms with Gasteiger partial charge in [0.2, 0.25) is 0 Å². The minimum absolute atomic E-state index is 0.598. The van der Waals surface area contributed by atoms with Crippen molar-refractivity contribution in [2.75, 3.05) is 13.1 Å². The standard InChI is InChI=1S/C12H26N2S/c1-4-5-6-7-9-14(11(2)3)10-8-12(13)15/h11H,4-10H2,1-3H3,(H2,13,15). The first-order valence-corrected chi connectivity index (χ1v) is 6.51. The highest BCUT2D eigenvalue weighted by Gasteiger charge is 2.08. The van der Waals surface area contributed by atoms with Crippen LogP contribution < -0.4 is 5.73 Å². The molecule has 15 heavy (non-hydrogen) atoms. The first-order valence-electron chi connectivity index (χ1n) is 6.10. The fourth-order valence-electron chi connectivity index (χ4n) is 1.62. The third kappa shape index (κ3) is 8.82. The Morgan fingerprint density at radius 2 is 1.87 bits per heavy atom. The first kappa shape index (κ1) is 14.8. The Bertz CT molecular complexity index is 169. The lowest BCUT2D eigenvalue weighted by Crippen LogP contribution is -2.34. The Labute approximate surface area is 100 Å². The van der Waals surface area contributed by atoms with Crippen LogP contribution in [0.2, 0.25) is 0 Å². The van der Waals surface area contributed by atoms with Crippen LogP contribution in [0, 0.1) is 0 Å². The fraction of sp³-hybridized carbons (Fsp3) is 0.917. The quantitative estimate of drug-likeness (QED) is 0.488. The van der Waals surface area contributed by atoms with Crippen LogP contribution in [0.3, 0.4) is 0 Å². The second-order valence-electron chi connectivity index (χ2n) is 4.41. The second kappa shape index (κ2) is 9.10. The van der Waals surface area contributed by atoms with Crippen LogP contribution >= 0.6 is 12.2 Å². The van der Waals surface area contributed by atoms with Gasteiger partial charge in [-0.2, -0.15) is 0 Å². The van der Waals surface area contributed by atoms with Crippen LogP contribution in [0.1, 0.15) is 52.9 Å². The molecule has 0 aromatic heterocycles. The molecule has 0 aliphatic rings. The van der Waals surface area contributed by atoms with Crippen LogP contribution in [-0.4, -0.2) is 29.0 Å². The van der Waals surface area contributed by atoms with E-state index in [-0.39, 0.29) is 0 Å². The normalized spacial score (nSPS) is 11.3. The van der Waals surface area contributed by atoms with E-state index in [2.05, 4.69) is 25.7 Å². The van der Waals surface area contributed by atoms with E-state index in [1.807, 2.05) is 0 Å². The highest BCUT2D eigenvalue weighted by atomic mass is 32.1. The summed E-state index contributed by atoms with van der Waals surface area (Å²) in [5.41, 5.74) is 5.52. The van der Waals surface area contributed by atoms with Gasteiger partial charge in [0.05, 0.1) is 4.99 Å². The molecule has 0 saturated carbocycles. The van der Waals surface area contributed by atoms with E-state index in [0.717, 1.165) is 13.0 Å². The lowest BCUT2D eigenvalue weighted by molar-refractivity contribution is 0.223. The van der Waals surface area contributed by atoms with Gasteiger partial charge < -0.3 is 10.6 Å². The molecule has 0 saturated heterocycles. The minimum atomic E-state index is 0.598. The Hall–Kier alpha value is -0.150. The zero-order valence-corrected chi connectivity index (χ0v) is 11.3. The van der Waals surface area contributed by atoms with Crippen molar-refractivity contribution in [2.45, 2.75) is 58.9 Å². The number of rotatable bonds is 9. The van der Waals surface area contributed by atoms with Crippen molar-refractivity contribution in [2.24, 2.45) is 5.73 Å². The Morgan fingerprint density at radius 3 is 2.33 bits per heavy atom. The van der Waals surface area contributed by atoms with Gasteiger partial charge in [-0.1, -0.05) is 38.4 Å². The lowest BCUT2D eigenvalue weighted by atomic mass is 10.2. The summed E-state index contributed by atoms with van der Waals surface area (Å²) in [5.74, 6) is 0. The van der Waals surface area contributed by atoms with Crippen molar-refractivity contribution >= 4 is 17.2 Å². The third-order valence-electron chi connectivity index (χ3n) is 2.67. The second-order valence-corrected chi connectivity index (χ2v) is 4.93. The smallest absolute Gasteiger partial charge is 0.0740 e. The van der Waals surface area contributed by atoms with Gasteiger partial charge in [0, 0.05) is 19.0 Å². The molecule has 0 atom stereocenters. The van der Waals surface area contributed by atoms with E-state index in [1.54, 1.807) is 0 Å². The highest BCUT2D eigenvalue weighted by Crippen LogP contribution is 2.05. The Balaban J connectivity index is 3.68. The molecule has 0 heterocycles. The van der Waals surface area contributed by atoms with Crippen molar-refractivity contribution in [1.82, 2.24) is 4.90 Å². The van der Waals surface area contributed by atoms with Crippen LogP contribution in [0.5, 0.6) is 0 Å². The average molecular weight is 230 g/mol. The van der Waals surface area contributed by atoms with Crippen molar-refractivity contribution in [3.63, 3.8) is 0 Å². The maximum absolute atomic E-state index is 5.52. The van der Waals surface area contributed by atoms with E-state index in [1.165, 1.54) is 32.2 Å². The summed E-state index contributed by atoms with van der Waals surface area (Å²) >= 11 is 4.91. The van der Waals surface area contributed by atoms with Crippen molar-refractivity contribution < 1.29 is 0 Å². The summed E-state index contributed by atoms with van der Waals surface area (Å²) in [4.78, 5) is 3.10. The molecule has 3 heteroatoms. The van der Waals surface area contributed by atoms with Gasteiger partial charge in [-0.05, 0) is 26.8 Å². The van der Waals surface area contributed by atoms with Gasteiger partial charge in [-0.3, -0.25) is 0 Å². The maximum Gasteiger partial charge on any atom is 0.0740 e. The summed E-state index contributed by atoms with van der Waals surface area (Å²) < 4.78 is 0. The molecule has 2 N–H and O–H groups in total. The predicted octanol–water partition coefficient (Wildman–Crippen LogP) is 2.95. The number of thiocarbonyl (C=S) groups is 1. The molecule has 0 aliphatic heterocycles. The predicted molar refractivity (Wildman–Crippen MR) is 72.3 cm³/mol. The SMILES string of the molecule is CCCCCCN(CCC(N)=S)C(C)C. The van der Waals surface area contributed by atoms with Gasteiger partial charge in [-0.25, -0.2) is 0 Å². The highest BCUT2D eigenvalue weighted by molar-refractivity contribution is 7.80. The van der Waals surface area contributed by atoms with Gasteiger partial charge in [0.15, 0.2) is 0 Å². The largest absolute Gasteiger partial charge is 0.393 e. The Kier molecular flexibility index (Phi) is 9.01. The summed E-state index contributed by atoms with van der Waals surface area (Å²) in [6, 6.07) is 0.598. The third-order valence-corrected chi connectivity index (χ3v) is 2.88. The zero-order chi connectivity index (χ0) is 11.7.